The molecule has 0 aromatic heterocycles. The Morgan fingerprint density at radius 2 is 1.00 bits per heavy atom. The van der Waals surface area contributed by atoms with Crippen LogP contribution in [0.1, 0.15) is 161 Å². The summed E-state index contributed by atoms with van der Waals surface area (Å²) in [6, 6.07) is 0. The van der Waals surface area contributed by atoms with Crippen LogP contribution in [0.15, 0.2) is 60.8 Å². The number of unbranched alkanes of at least 4 members (excludes halogenated alkanes) is 15. The number of carbonyl (C=O) groups excluding carboxylic acids is 2. The van der Waals surface area contributed by atoms with Crippen molar-refractivity contribution in [2.75, 3.05) is 33.0 Å². The molecule has 56 heavy (non-hydrogen) atoms. The molecule has 0 aliphatic rings. The molecule has 0 fully saturated rings. The van der Waals surface area contributed by atoms with E-state index in [1.54, 1.807) is 0 Å². The van der Waals surface area contributed by atoms with Crippen LogP contribution in [0.25, 0.3) is 0 Å². The molecule has 11 nitrogen and oxygen atoms in total. The largest absolute Gasteiger partial charge is 0.472 e. The van der Waals surface area contributed by atoms with E-state index in [9.17, 15) is 24.2 Å². The van der Waals surface area contributed by atoms with Gasteiger partial charge in [-0.3, -0.25) is 18.6 Å². The van der Waals surface area contributed by atoms with E-state index in [0.29, 0.717) is 19.3 Å². The molecule has 0 saturated carbocycles. The number of allylic oxidation sites excluding steroid dienone is 10. The van der Waals surface area contributed by atoms with Gasteiger partial charge in [-0.1, -0.05) is 125 Å². The predicted molar refractivity (Wildman–Crippen MR) is 225 cm³/mol. The van der Waals surface area contributed by atoms with Crippen LogP contribution < -0.4 is 0 Å². The lowest BCUT2D eigenvalue weighted by Gasteiger charge is -2.20. The predicted octanol–water partition coefficient (Wildman–Crippen LogP) is 10.1. The molecule has 0 saturated heterocycles. The fraction of sp³-hybridized carbons (Fsp3) is 0.727. The number of aliphatic hydroxyl groups is 3. The molecular formula is C44H77O11P. The molecule has 4 N–H and O–H groups in total. The van der Waals surface area contributed by atoms with Crippen LogP contribution in [-0.4, -0.2) is 77.4 Å². The van der Waals surface area contributed by atoms with Crippen LogP contribution in [0.5, 0.6) is 0 Å². The van der Waals surface area contributed by atoms with Gasteiger partial charge in [0.1, 0.15) is 12.7 Å². The Morgan fingerprint density at radius 1 is 0.554 bits per heavy atom. The van der Waals surface area contributed by atoms with Gasteiger partial charge in [0.25, 0.3) is 0 Å². The van der Waals surface area contributed by atoms with Crippen LogP contribution in [-0.2, 0) is 32.7 Å². The Labute approximate surface area is 338 Å². The highest BCUT2D eigenvalue weighted by Gasteiger charge is 2.27. The van der Waals surface area contributed by atoms with E-state index in [4.69, 9.17) is 24.2 Å². The molecule has 1 unspecified atom stereocenters. The molecule has 324 valence electrons. The van der Waals surface area contributed by atoms with Gasteiger partial charge in [0.05, 0.1) is 19.8 Å². The molecule has 0 bridgehead atoms. The molecule has 0 aromatic rings. The summed E-state index contributed by atoms with van der Waals surface area (Å²) < 4.78 is 32.6. The Morgan fingerprint density at radius 3 is 1.55 bits per heavy atom. The molecular weight excluding hydrogens is 735 g/mol. The first-order valence-corrected chi connectivity index (χ1v) is 22.8. The normalized spacial score (nSPS) is 14.4. The summed E-state index contributed by atoms with van der Waals surface area (Å²) in [4.78, 5) is 34.9. The second-order valence-electron chi connectivity index (χ2n) is 14.1. The van der Waals surface area contributed by atoms with E-state index < -0.39 is 51.8 Å². The van der Waals surface area contributed by atoms with Gasteiger partial charge in [0.15, 0.2) is 6.10 Å². The van der Waals surface area contributed by atoms with E-state index in [1.165, 1.54) is 51.4 Å². The van der Waals surface area contributed by atoms with E-state index in [1.807, 2.05) is 12.2 Å². The summed E-state index contributed by atoms with van der Waals surface area (Å²) in [6.45, 7) is 0.289. The summed E-state index contributed by atoms with van der Waals surface area (Å²) in [5.41, 5.74) is 0. The van der Waals surface area contributed by atoms with Gasteiger partial charge in [-0.15, -0.1) is 0 Å². The fourth-order valence-corrected chi connectivity index (χ4v) is 6.16. The van der Waals surface area contributed by atoms with Crippen molar-refractivity contribution < 1.29 is 52.9 Å². The molecule has 12 heteroatoms. The minimum absolute atomic E-state index is 0.0956. The number of aliphatic hydroxyl groups excluding tert-OH is 3. The number of rotatable bonds is 40. The Kier molecular flexibility index (Phi) is 39.1. The highest BCUT2D eigenvalue weighted by Crippen LogP contribution is 2.43. The molecule has 0 rings (SSSR count). The van der Waals surface area contributed by atoms with Crippen LogP contribution in [0.3, 0.4) is 0 Å². The lowest BCUT2D eigenvalue weighted by Crippen LogP contribution is -2.29. The number of ether oxygens (including phenoxy) is 2. The van der Waals surface area contributed by atoms with Gasteiger partial charge in [0, 0.05) is 19.4 Å². The standard InChI is InChI=1S/C44H77O11P/c1-2-3-4-5-6-7-8-9-13-16-19-22-25-28-31-34-43(48)52-39-42(40-54-56(50,51)53-38-41(47)37-46)55-44(49)35-32-29-26-23-20-17-14-11-10-12-15-18-21-24-27-30-33-36-45/h7-8,10,12,14,17-18,21,23,26,41-42,45-47H,2-6,9,11,13,15-16,19-20,22,24-25,27-40H2,1H3,(H,50,51)/b8-7-,12-10-,17-14-,21-18-,26-23-/t41-,42+/m0/s1. The summed E-state index contributed by atoms with van der Waals surface area (Å²) in [5.74, 6) is -1.01. The molecule has 0 amide bonds. The summed E-state index contributed by atoms with van der Waals surface area (Å²) >= 11 is 0. The summed E-state index contributed by atoms with van der Waals surface area (Å²) in [6.07, 6.45) is 42.0. The van der Waals surface area contributed by atoms with Crippen molar-refractivity contribution >= 4 is 19.8 Å². The third kappa shape index (κ3) is 39.8. The molecule has 0 heterocycles. The van der Waals surface area contributed by atoms with Gasteiger partial charge in [-0.2, -0.15) is 0 Å². The van der Waals surface area contributed by atoms with Crippen LogP contribution in [0, 0.1) is 0 Å². The van der Waals surface area contributed by atoms with Gasteiger partial charge < -0.3 is 29.7 Å². The average molecular weight is 813 g/mol. The minimum atomic E-state index is -4.64. The van der Waals surface area contributed by atoms with Gasteiger partial charge in [0.2, 0.25) is 0 Å². The summed E-state index contributed by atoms with van der Waals surface area (Å²) in [5, 5.41) is 27.1. The fourth-order valence-electron chi connectivity index (χ4n) is 5.37. The highest BCUT2D eigenvalue weighted by atomic mass is 31.2. The lowest BCUT2D eigenvalue weighted by atomic mass is 10.1. The first-order chi connectivity index (χ1) is 27.2. The van der Waals surface area contributed by atoms with E-state index in [0.717, 1.165) is 70.6 Å². The second kappa shape index (κ2) is 40.8. The number of esters is 2. The van der Waals surface area contributed by atoms with Crippen molar-refractivity contribution in [2.45, 2.75) is 173 Å². The van der Waals surface area contributed by atoms with E-state index in [-0.39, 0.29) is 26.1 Å². The van der Waals surface area contributed by atoms with Crippen LogP contribution >= 0.6 is 7.82 Å². The van der Waals surface area contributed by atoms with E-state index in [2.05, 4.69) is 60.1 Å². The smallest absolute Gasteiger partial charge is 0.462 e. The topological polar surface area (TPSA) is 169 Å². The van der Waals surface area contributed by atoms with Crippen molar-refractivity contribution in [1.82, 2.24) is 0 Å². The van der Waals surface area contributed by atoms with Crippen molar-refractivity contribution in [2.24, 2.45) is 0 Å². The molecule has 0 radical (unpaired) electrons. The van der Waals surface area contributed by atoms with Crippen LogP contribution in [0.2, 0.25) is 0 Å². The summed E-state index contributed by atoms with van der Waals surface area (Å²) in [7, 11) is -4.64. The van der Waals surface area contributed by atoms with Crippen molar-refractivity contribution in [3.63, 3.8) is 0 Å². The number of phosphoric ester groups is 1. The SMILES string of the molecule is CCCCCC/C=C\CCCCCCCCCC(=O)OC[C@H](COP(=O)(O)OC[C@@H](O)CO)OC(=O)CCC/C=C\C/C=C\C/C=C\C/C=C\CCCCCO. The minimum Gasteiger partial charge on any atom is -0.462 e. The van der Waals surface area contributed by atoms with Gasteiger partial charge >= 0.3 is 19.8 Å². The molecule has 0 aromatic carbocycles. The third-order valence-electron chi connectivity index (χ3n) is 8.70. The zero-order chi connectivity index (χ0) is 41.2. The maximum atomic E-state index is 12.6. The molecule has 0 aliphatic heterocycles. The van der Waals surface area contributed by atoms with Crippen LogP contribution in [0.4, 0.5) is 0 Å². The third-order valence-corrected chi connectivity index (χ3v) is 9.65. The second-order valence-corrected chi connectivity index (χ2v) is 15.5. The van der Waals surface area contributed by atoms with E-state index >= 15 is 0 Å². The average Bonchev–Trinajstić information content (AvgIpc) is 3.19. The van der Waals surface area contributed by atoms with Crippen molar-refractivity contribution in [3.8, 4) is 0 Å². The quantitative estimate of drug-likeness (QED) is 0.0201. The molecule has 0 aliphatic carbocycles. The van der Waals surface area contributed by atoms with Crippen molar-refractivity contribution in [3.05, 3.63) is 60.8 Å². The maximum absolute atomic E-state index is 12.6. The molecule has 0 spiro atoms. The first-order valence-electron chi connectivity index (χ1n) is 21.4. The first kappa shape index (κ1) is 53.6. The monoisotopic (exact) mass is 813 g/mol. The zero-order valence-corrected chi connectivity index (χ0v) is 35.4. The number of hydrogen-bond donors (Lipinski definition) is 4. The van der Waals surface area contributed by atoms with Crippen molar-refractivity contribution in [1.29, 1.82) is 0 Å². The van der Waals surface area contributed by atoms with Gasteiger partial charge in [-0.05, 0) is 83.5 Å². The zero-order valence-electron chi connectivity index (χ0n) is 34.5. The Hall–Kier alpha value is -2.37. The number of carbonyl (C=O) groups is 2. The Bertz CT molecular complexity index is 1120. The maximum Gasteiger partial charge on any atom is 0.472 e. The highest BCUT2D eigenvalue weighted by molar-refractivity contribution is 7.47. The van der Waals surface area contributed by atoms with Gasteiger partial charge in [-0.25, -0.2) is 4.57 Å². The molecule has 3 atom stereocenters. The number of phosphoric acid groups is 1. The lowest BCUT2D eigenvalue weighted by molar-refractivity contribution is -0.161. The Balaban J connectivity index is 4.41. The number of hydrogen-bond acceptors (Lipinski definition) is 10.